The highest BCUT2D eigenvalue weighted by molar-refractivity contribution is 6.08. The molecule has 11 heteroatoms. The number of halogens is 3. The van der Waals surface area contributed by atoms with Gasteiger partial charge in [-0.15, -0.1) is 0 Å². The first-order chi connectivity index (χ1) is 23.6. The molecule has 2 amide bonds. The molecule has 49 heavy (non-hydrogen) atoms. The van der Waals surface area contributed by atoms with Crippen LogP contribution in [0.3, 0.4) is 0 Å². The zero-order chi connectivity index (χ0) is 34.6. The fourth-order valence-electron chi connectivity index (χ4n) is 6.97. The summed E-state index contributed by atoms with van der Waals surface area (Å²) in [4.78, 5) is 24.5. The summed E-state index contributed by atoms with van der Waals surface area (Å²) in [5.74, 6) is -4.45. The highest BCUT2D eigenvalue weighted by Gasteiger charge is 2.27. The van der Waals surface area contributed by atoms with Gasteiger partial charge in [-0.05, 0) is 72.5 Å². The van der Waals surface area contributed by atoms with Gasteiger partial charge in [0.25, 0.3) is 11.8 Å². The van der Waals surface area contributed by atoms with E-state index in [1.165, 1.54) is 6.07 Å². The van der Waals surface area contributed by atoms with Crippen LogP contribution in [0.25, 0.3) is 44.1 Å². The summed E-state index contributed by atoms with van der Waals surface area (Å²) in [6.45, 7) is 5.99. The van der Waals surface area contributed by atoms with Gasteiger partial charge in [-0.25, -0.2) is 13.2 Å². The highest BCUT2D eigenvalue weighted by Crippen LogP contribution is 2.38. The topological polar surface area (TPSA) is 116 Å². The van der Waals surface area contributed by atoms with Gasteiger partial charge < -0.3 is 19.8 Å². The van der Waals surface area contributed by atoms with Gasteiger partial charge in [0.05, 0.1) is 34.3 Å². The molecule has 0 saturated heterocycles. The van der Waals surface area contributed by atoms with E-state index in [1.807, 2.05) is 55.5 Å². The quantitative estimate of drug-likeness (QED) is 0.198. The van der Waals surface area contributed by atoms with E-state index in [1.54, 1.807) is 17.6 Å². The highest BCUT2D eigenvalue weighted by atomic mass is 19.2. The molecule has 0 unspecified atom stereocenters. The lowest BCUT2D eigenvalue weighted by Crippen LogP contribution is -2.35. The third-order valence-electron chi connectivity index (χ3n) is 9.13. The number of aryl methyl sites for hydroxylation is 2. The summed E-state index contributed by atoms with van der Waals surface area (Å²) in [6.07, 6.45) is 0. The molecule has 0 bridgehead atoms. The SMILES string of the molecule is Cc1c2n(c3c(-c4cc(F)c(F)c(F)c4)cc(C#N)cc13)CCNC2=O.Cc1c2n(c3c(-c4ccccc4)cc(C#N)cc13)CCNC2=O. The summed E-state index contributed by atoms with van der Waals surface area (Å²) in [5, 5.41) is 26.0. The molecule has 4 heterocycles. The number of carbonyl (C=O) groups excluding carboxylic acids is 2. The van der Waals surface area contributed by atoms with Crippen molar-refractivity contribution in [3.8, 4) is 34.4 Å². The maximum Gasteiger partial charge on any atom is 0.268 e. The van der Waals surface area contributed by atoms with E-state index < -0.39 is 17.5 Å². The Morgan fingerprint density at radius 1 is 0.653 bits per heavy atom. The number of aromatic nitrogens is 2. The maximum atomic E-state index is 13.8. The van der Waals surface area contributed by atoms with Crippen molar-refractivity contribution >= 4 is 33.6 Å². The van der Waals surface area contributed by atoms with Gasteiger partial charge in [-0.3, -0.25) is 9.59 Å². The Hall–Kier alpha value is -6.33. The van der Waals surface area contributed by atoms with Gasteiger partial charge >= 0.3 is 0 Å². The number of rotatable bonds is 2. The first kappa shape index (κ1) is 31.3. The predicted octanol–water partition coefficient (Wildman–Crippen LogP) is 6.88. The normalized spacial score (nSPS) is 13.4. The van der Waals surface area contributed by atoms with Gasteiger partial charge in [0.1, 0.15) is 11.4 Å². The first-order valence-electron chi connectivity index (χ1n) is 15.5. The molecule has 2 N–H and O–H groups in total. The molecule has 8 nitrogen and oxygen atoms in total. The smallest absolute Gasteiger partial charge is 0.268 e. The van der Waals surface area contributed by atoms with E-state index in [2.05, 4.69) is 21.3 Å². The number of nitrogens with one attached hydrogen (secondary N) is 2. The van der Waals surface area contributed by atoms with Crippen LogP contribution in [0.1, 0.15) is 43.2 Å². The number of benzene rings is 4. The second-order valence-corrected chi connectivity index (χ2v) is 11.9. The van der Waals surface area contributed by atoms with Crippen molar-refractivity contribution in [2.45, 2.75) is 26.9 Å². The van der Waals surface area contributed by atoms with Crippen molar-refractivity contribution in [1.29, 1.82) is 10.5 Å². The number of carbonyl (C=O) groups is 2. The molecule has 0 atom stereocenters. The largest absolute Gasteiger partial charge is 0.349 e. The molecular formula is C38H27F3N6O2. The van der Waals surface area contributed by atoms with E-state index in [0.29, 0.717) is 58.6 Å². The third-order valence-corrected chi connectivity index (χ3v) is 9.13. The molecule has 2 aromatic heterocycles. The molecule has 0 radical (unpaired) electrons. The summed E-state index contributed by atoms with van der Waals surface area (Å²) < 4.78 is 44.7. The van der Waals surface area contributed by atoms with Crippen LogP contribution in [-0.4, -0.2) is 34.0 Å². The van der Waals surface area contributed by atoms with Crippen LogP contribution in [-0.2, 0) is 13.1 Å². The van der Waals surface area contributed by atoms with Gasteiger partial charge in [0.2, 0.25) is 0 Å². The average Bonchev–Trinajstić information content (AvgIpc) is 3.58. The number of hydrogen-bond donors (Lipinski definition) is 2. The van der Waals surface area contributed by atoms with Gasteiger partial charge in [-0.1, -0.05) is 30.3 Å². The second kappa shape index (κ2) is 12.0. The first-order valence-corrected chi connectivity index (χ1v) is 15.5. The zero-order valence-electron chi connectivity index (χ0n) is 26.4. The standard InChI is InChI=1S/C19H12F3N3O.C19H15N3O/c1-9-12-4-10(8-23)5-13(11-6-14(20)16(22)15(21)7-11)18(12)25-3-2-24-19(26)17(9)25;1-12-15-9-13(11-20)10-16(14-5-3-2-4-6-14)18(15)22-8-7-21-19(23)17(12)22/h4-7H,2-3H2,1H3,(H,24,26);2-6,9-10H,7-8H2,1H3,(H,21,23). The minimum absolute atomic E-state index is 0.0394. The lowest BCUT2D eigenvalue weighted by molar-refractivity contribution is 0.0920. The molecule has 8 rings (SSSR count). The lowest BCUT2D eigenvalue weighted by Gasteiger charge is -2.18. The molecule has 242 valence electrons. The van der Waals surface area contributed by atoms with E-state index in [9.17, 15) is 33.3 Å². The second-order valence-electron chi connectivity index (χ2n) is 11.9. The molecular weight excluding hydrogens is 629 g/mol. The monoisotopic (exact) mass is 656 g/mol. The molecule has 0 fully saturated rings. The summed E-state index contributed by atoms with van der Waals surface area (Å²) >= 11 is 0. The Balaban J connectivity index is 0.000000155. The van der Waals surface area contributed by atoms with Crippen molar-refractivity contribution in [2.24, 2.45) is 0 Å². The van der Waals surface area contributed by atoms with Crippen molar-refractivity contribution in [3.63, 3.8) is 0 Å². The Labute approximate surface area is 278 Å². The molecule has 4 aromatic carbocycles. The Morgan fingerprint density at radius 2 is 1.10 bits per heavy atom. The average molecular weight is 657 g/mol. The molecule has 0 aliphatic carbocycles. The van der Waals surface area contributed by atoms with Crippen LogP contribution >= 0.6 is 0 Å². The summed E-state index contributed by atoms with van der Waals surface area (Å²) in [5.41, 5.74) is 7.84. The lowest BCUT2D eigenvalue weighted by atomic mass is 9.98. The van der Waals surface area contributed by atoms with Crippen LogP contribution in [0.4, 0.5) is 13.2 Å². The molecule has 6 aromatic rings. The number of hydrogen-bond acceptors (Lipinski definition) is 4. The van der Waals surface area contributed by atoms with Gasteiger partial charge in [0.15, 0.2) is 17.5 Å². The fourth-order valence-corrected chi connectivity index (χ4v) is 6.97. The zero-order valence-corrected chi connectivity index (χ0v) is 26.4. The Morgan fingerprint density at radius 3 is 1.55 bits per heavy atom. The van der Waals surface area contributed by atoms with E-state index >= 15 is 0 Å². The minimum Gasteiger partial charge on any atom is -0.349 e. The van der Waals surface area contributed by atoms with Crippen LogP contribution in [0.5, 0.6) is 0 Å². The molecule has 0 spiro atoms. The number of nitriles is 2. The number of nitrogens with zero attached hydrogens (tertiary/aromatic N) is 4. The van der Waals surface area contributed by atoms with Crippen molar-refractivity contribution < 1.29 is 22.8 Å². The van der Waals surface area contributed by atoms with Crippen LogP contribution in [0, 0.1) is 54.0 Å². The van der Waals surface area contributed by atoms with Crippen LogP contribution in [0.2, 0.25) is 0 Å². The van der Waals surface area contributed by atoms with Crippen molar-refractivity contribution in [2.75, 3.05) is 13.1 Å². The van der Waals surface area contributed by atoms with Crippen molar-refractivity contribution in [3.05, 3.63) is 118 Å². The summed E-state index contributed by atoms with van der Waals surface area (Å²) in [7, 11) is 0. The third kappa shape index (κ3) is 5.08. The Bertz CT molecular complexity index is 2440. The van der Waals surface area contributed by atoms with Crippen LogP contribution < -0.4 is 10.6 Å². The maximum absolute atomic E-state index is 13.8. The molecule has 2 aliphatic heterocycles. The molecule has 0 saturated carbocycles. The van der Waals surface area contributed by atoms with E-state index in [-0.39, 0.29) is 22.9 Å². The van der Waals surface area contributed by atoms with E-state index in [0.717, 1.165) is 46.3 Å². The predicted molar refractivity (Wildman–Crippen MR) is 178 cm³/mol. The Kier molecular flexibility index (Phi) is 7.68. The minimum atomic E-state index is -1.55. The molecule has 2 aliphatic rings. The number of amides is 2. The van der Waals surface area contributed by atoms with Crippen molar-refractivity contribution in [1.82, 2.24) is 19.8 Å². The fraction of sp³-hybridized carbons (Fsp3) is 0.158. The van der Waals surface area contributed by atoms with Gasteiger partial charge in [0, 0.05) is 48.1 Å². The number of fused-ring (bicyclic) bond motifs is 6. The van der Waals surface area contributed by atoms with Gasteiger partial charge in [-0.2, -0.15) is 10.5 Å². The summed E-state index contributed by atoms with van der Waals surface area (Å²) in [6, 6.07) is 23.0. The van der Waals surface area contributed by atoms with E-state index in [4.69, 9.17) is 0 Å². The van der Waals surface area contributed by atoms with Crippen LogP contribution in [0.15, 0.2) is 66.7 Å².